The van der Waals surface area contributed by atoms with Gasteiger partial charge in [-0.15, -0.1) is 0 Å². The minimum absolute atomic E-state index is 0.111. The Labute approximate surface area is 145 Å². The van der Waals surface area contributed by atoms with Crippen LogP contribution in [0.3, 0.4) is 0 Å². The van der Waals surface area contributed by atoms with Gasteiger partial charge < -0.3 is 11.1 Å². The van der Waals surface area contributed by atoms with Gasteiger partial charge in [0, 0.05) is 16.6 Å². The molecule has 0 spiro atoms. The summed E-state index contributed by atoms with van der Waals surface area (Å²) in [5.41, 5.74) is 10.3. The fraction of sp³-hybridized carbons (Fsp3) is 0.316. The Kier molecular flexibility index (Phi) is 5.01. The number of fused-ring (bicyclic) bond motifs is 1. The van der Waals surface area contributed by atoms with Crippen molar-refractivity contribution < 1.29 is 4.79 Å². The molecular formula is C19H21BrN2O. The molecule has 23 heavy (non-hydrogen) atoms. The van der Waals surface area contributed by atoms with Crippen LogP contribution in [0, 0.1) is 0 Å². The molecule has 0 heterocycles. The maximum Gasteiger partial charge on any atom is 0.220 e. The maximum atomic E-state index is 12.3. The Balaban J connectivity index is 1.61. The highest BCUT2D eigenvalue weighted by molar-refractivity contribution is 9.10. The standard InChI is InChI=1S/C19H21BrN2O/c20-15-5-1-3-13(11-15)7-10-19(23)22-18-6-2-4-14-12-16(21)8-9-17(14)18/h1,3,5,8-9,11-12,18H,2,4,6-7,10,21H2,(H,22,23). The number of amides is 1. The first-order valence-electron chi connectivity index (χ1n) is 8.04. The predicted molar refractivity (Wildman–Crippen MR) is 97.1 cm³/mol. The zero-order chi connectivity index (χ0) is 16.2. The summed E-state index contributed by atoms with van der Waals surface area (Å²) >= 11 is 3.46. The van der Waals surface area contributed by atoms with Gasteiger partial charge in [-0.25, -0.2) is 0 Å². The summed E-state index contributed by atoms with van der Waals surface area (Å²) in [6.07, 6.45) is 4.40. The van der Waals surface area contributed by atoms with E-state index in [4.69, 9.17) is 5.73 Å². The molecule has 0 bridgehead atoms. The molecule has 0 aliphatic heterocycles. The Morgan fingerprint density at radius 3 is 2.96 bits per heavy atom. The van der Waals surface area contributed by atoms with Crippen LogP contribution in [0.5, 0.6) is 0 Å². The van der Waals surface area contributed by atoms with Gasteiger partial charge >= 0.3 is 0 Å². The topological polar surface area (TPSA) is 55.1 Å². The van der Waals surface area contributed by atoms with E-state index < -0.39 is 0 Å². The van der Waals surface area contributed by atoms with E-state index in [0.717, 1.165) is 35.8 Å². The Hall–Kier alpha value is -1.81. The van der Waals surface area contributed by atoms with Crippen molar-refractivity contribution >= 4 is 27.5 Å². The van der Waals surface area contributed by atoms with Crippen LogP contribution in [-0.4, -0.2) is 5.91 Å². The van der Waals surface area contributed by atoms with Gasteiger partial charge in [-0.3, -0.25) is 4.79 Å². The first-order chi connectivity index (χ1) is 11.1. The molecule has 1 unspecified atom stereocenters. The number of hydrogen-bond donors (Lipinski definition) is 2. The average molecular weight is 373 g/mol. The molecule has 1 aliphatic rings. The van der Waals surface area contributed by atoms with Crippen molar-refractivity contribution in [2.24, 2.45) is 0 Å². The lowest BCUT2D eigenvalue weighted by molar-refractivity contribution is -0.121. The number of halogens is 1. The zero-order valence-electron chi connectivity index (χ0n) is 13.0. The summed E-state index contributed by atoms with van der Waals surface area (Å²) in [7, 11) is 0. The molecule has 1 aliphatic carbocycles. The van der Waals surface area contributed by atoms with Crippen molar-refractivity contribution in [3.8, 4) is 0 Å². The van der Waals surface area contributed by atoms with Crippen LogP contribution in [0.4, 0.5) is 5.69 Å². The first kappa shape index (κ1) is 16.1. The zero-order valence-corrected chi connectivity index (χ0v) is 14.6. The predicted octanol–water partition coefficient (Wildman–Crippen LogP) is 4.16. The molecule has 2 aromatic carbocycles. The van der Waals surface area contributed by atoms with Gasteiger partial charge in [-0.05, 0) is 66.6 Å². The number of anilines is 1. The van der Waals surface area contributed by atoms with E-state index in [-0.39, 0.29) is 11.9 Å². The number of nitrogen functional groups attached to an aromatic ring is 1. The summed E-state index contributed by atoms with van der Waals surface area (Å²) in [5, 5.41) is 3.19. The lowest BCUT2D eigenvalue weighted by Crippen LogP contribution is -2.31. The SMILES string of the molecule is Nc1ccc2c(c1)CCCC2NC(=O)CCc1cccc(Br)c1. The van der Waals surface area contributed by atoms with E-state index in [1.165, 1.54) is 16.7 Å². The van der Waals surface area contributed by atoms with E-state index >= 15 is 0 Å². The smallest absolute Gasteiger partial charge is 0.220 e. The number of nitrogens with one attached hydrogen (secondary N) is 1. The largest absolute Gasteiger partial charge is 0.399 e. The third kappa shape index (κ3) is 4.14. The van der Waals surface area contributed by atoms with Crippen molar-refractivity contribution in [3.05, 3.63) is 63.6 Å². The Morgan fingerprint density at radius 1 is 1.26 bits per heavy atom. The molecule has 1 amide bonds. The molecule has 0 radical (unpaired) electrons. The van der Waals surface area contributed by atoms with Crippen LogP contribution in [0.25, 0.3) is 0 Å². The lowest BCUT2D eigenvalue weighted by Gasteiger charge is -2.26. The van der Waals surface area contributed by atoms with Crippen LogP contribution >= 0.6 is 15.9 Å². The van der Waals surface area contributed by atoms with Crippen LogP contribution < -0.4 is 11.1 Å². The quantitative estimate of drug-likeness (QED) is 0.791. The van der Waals surface area contributed by atoms with Gasteiger partial charge in [0.2, 0.25) is 5.91 Å². The molecule has 0 fully saturated rings. The minimum Gasteiger partial charge on any atom is -0.399 e. The van der Waals surface area contributed by atoms with Crippen molar-refractivity contribution in [2.45, 2.75) is 38.1 Å². The Morgan fingerprint density at radius 2 is 2.13 bits per heavy atom. The highest BCUT2D eigenvalue weighted by Crippen LogP contribution is 2.31. The normalized spacial score (nSPS) is 16.7. The lowest BCUT2D eigenvalue weighted by atomic mass is 9.87. The van der Waals surface area contributed by atoms with Crippen molar-refractivity contribution in [1.82, 2.24) is 5.32 Å². The third-order valence-corrected chi connectivity index (χ3v) is 4.84. The molecule has 2 aromatic rings. The van der Waals surface area contributed by atoms with Crippen molar-refractivity contribution in [1.29, 1.82) is 0 Å². The van der Waals surface area contributed by atoms with Gasteiger partial charge in [0.1, 0.15) is 0 Å². The summed E-state index contributed by atoms with van der Waals surface area (Å²) in [6, 6.07) is 14.2. The van der Waals surface area contributed by atoms with E-state index in [1.54, 1.807) is 0 Å². The van der Waals surface area contributed by atoms with Gasteiger partial charge in [0.25, 0.3) is 0 Å². The molecule has 1 atom stereocenters. The van der Waals surface area contributed by atoms with Crippen molar-refractivity contribution in [3.63, 3.8) is 0 Å². The summed E-state index contributed by atoms with van der Waals surface area (Å²) in [4.78, 5) is 12.3. The summed E-state index contributed by atoms with van der Waals surface area (Å²) < 4.78 is 1.05. The minimum atomic E-state index is 0.111. The fourth-order valence-electron chi connectivity index (χ4n) is 3.20. The second kappa shape index (κ2) is 7.18. The number of rotatable bonds is 4. The van der Waals surface area contributed by atoms with Gasteiger partial charge in [0.05, 0.1) is 6.04 Å². The number of hydrogen-bond acceptors (Lipinski definition) is 2. The highest BCUT2D eigenvalue weighted by Gasteiger charge is 2.21. The molecule has 120 valence electrons. The van der Waals surface area contributed by atoms with E-state index in [1.807, 2.05) is 24.3 Å². The van der Waals surface area contributed by atoms with Gasteiger partial charge in [-0.1, -0.05) is 34.1 Å². The average Bonchev–Trinajstić information content (AvgIpc) is 2.53. The fourth-order valence-corrected chi connectivity index (χ4v) is 3.65. The summed E-state index contributed by atoms with van der Waals surface area (Å²) in [6.45, 7) is 0. The molecule has 0 aromatic heterocycles. The van der Waals surface area contributed by atoms with E-state index in [9.17, 15) is 4.79 Å². The molecule has 3 N–H and O–H groups in total. The number of carbonyl (C=O) groups is 1. The molecular weight excluding hydrogens is 352 g/mol. The number of benzene rings is 2. The monoisotopic (exact) mass is 372 g/mol. The van der Waals surface area contributed by atoms with Crippen molar-refractivity contribution in [2.75, 3.05) is 5.73 Å². The molecule has 0 saturated heterocycles. The van der Waals surface area contributed by atoms with Gasteiger partial charge in [-0.2, -0.15) is 0 Å². The first-order valence-corrected chi connectivity index (χ1v) is 8.83. The second-order valence-electron chi connectivity index (χ2n) is 6.10. The highest BCUT2D eigenvalue weighted by atomic mass is 79.9. The van der Waals surface area contributed by atoms with Crippen LogP contribution in [0.15, 0.2) is 46.9 Å². The van der Waals surface area contributed by atoms with Gasteiger partial charge in [0.15, 0.2) is 0 Å². The van der Waals surface area contributed by atoms with E-state index in [0.29, 0.717) is 6.42 Å². The molecule has 3 rings (SSSR count). The molecule has 0 saturated carbocycles. The molecule has 3 nitrogen and oxygen atoms in total. The number of nitrogens with two attached hydrogens (primary N) is 1. The molecule has 4 heteroatoms. The number of carbonyl (C=O) groups excluding carboxylic acids is 1. The second-order valence-corrected chi connectivity index (χ2v) is 7.02. The van der Waals surface area contributed by atoms with Crippen LogP contribution in [-0.2, 0) is 17.6 Å². The third-order valence-electron chi connectivity index (χ3n) is 4.35. The van der Waals surface area contributed by atoms with Crippen LogP contribution in [0.2, 0.25) is 0 Å². The van der Waals surface area contributed by atoms with Crippen LogP contribution in [0.1, 0.15) is 42.0 Å². The number of aryl methyl sites for hydroxylation is 2. The maximum absolute atomic E-state index is 12.3. The van der Waals surface area contributed by atoms with E-state index in [2.05, 4.69) is 39.4 Å². The Bertz CT molecular complexity index is 714. The summed E-state index contributed by atoms with van der Waals surface area (Å²) in [5.74, 6) is 0.111.